The van der Waals surface area contributed by atoms with Crippen LogP contribution in [0.25, 0.3) is 0 Å². The summed E-state index contributed by atoms with van der Waals surface area (Å²) in [6.07, 6.45) is 1.02. The van der Waals surface area contributed by atoms with Gasteiger partial charge in [-0.3, -0.25) is 0 Å². The maximum Gasteiger partial charge on any atom is 0.241 e. The number of halogens is 1. The van der Waals surface area contributed by atoms with Crippen LogP contribution >= 0.6 is 0 Å². The van der Waals surface area contributed by atoms with Crippen molar-refractivity contribution in [2.45, 2.75) is 30.0 Å². The third-order valence-electron chi connectivity index (χ3n) is 3.26. The molecule has 0 saturated heterocycles. The largest absolute Gasteiger partial charge is 0.326 e. The molecule has 0 spiro atoms. The molecule has 0 atom stereocenters. The van der Waals surface area contributed by atoms with Gasteiger partial charge in [-0.2, -0.15) is 0 Å². The number of hydrogen-bond acceptors (Lipinski definition) is 5. The maximum absolute atomic E-state index is 13.6. The first kappa shape index (κ1) is 18.0. The zero-order valence-electron chi connectivity index (χ0n) is 12.1. The summed E-state index contributed by atoms with van der Waals surface area (Å²) in [7, 11) is -7.51. The molecule has 9 heteroatoms. The highest BCUT2D eigenvalue weighted by atomic mass is 32.2. The summed E-state index contributed by atoms with van der Waals surface area (Å²) in [6, 6.07) is 3.59. The summed E-state index contributed by atoms with van der Waals surface area (Å²) in [4.78, 5) is -0.283. The Morgan fingerprint density at radius 1 is 1.24 bits per heavy atom. The molecule has 1 aromatic carbocycles. The molecule has 1 rings (SSSR count). The van der Waals surface area contributed by atoms with Crippen molar-refractivity contribution in [3.8, 4) is 0 Å². The SMILES string of the molecule is CC(C)(CNS(=O)(=O)c1cccc(F)c1CN)S(C)(=O)=O. The summed E-state index contributed by atoms with van der Waals surface area (Å²) in [5, 5.41) is 0. The van der Waals surface area contributed by atoms with Gasteiger partial charge in [-0.05, 0) is 26.0 Å². The number of sulfonamides is 1. The molecule has 0 unspecified atom stereocenters. The topological polar surface area (TPSA) is 106 Å². The molecule has 0 amide bonds. The fraction of sp³-hybridized carbons (Fsp3) is 0.500. The van der Waals surface area contributed by atoms with E-state index in [2.05, 4.69) is 4.72 Å². The molecule has 0 bridgehead atoms. The Kier molecular flexibility index (Phi) is 5.14. The highest BCUT2D eigenvalue weighted by Crippen LogP contribution is 2.20. The highest BCUT2D eigenvalue weighted by molar-refractivity contribution is 7.92. The van der Waals surface area contributed by atoms with Crippen LogP contribution < -0.4 is 10.5 Å². The van der Waals surface area contributed by atoms with Crippen LogP contribution in [0.1, 0.15) is 19.4 Å². The first-order valence-electron chi connectivity index (χ1n) is 6.09. The molecule has 0 aromatic heterocycles. The minimum absolute atomic E-state index is 0.137. The summed E-state index contributed by atoms with van der Waals surface area (Å²) in [5.74, 6) is -0.720. The van der Waals surface area contributed by atoms with Gasteiger partial charge in [0.1, 0.15) is 5.82 Å². The van der Waals surface area contributed by atoms with Gasteiger partial charge >= 0.3 is 0 Å². The van der Waals surface area contributed by atoms with Crippen molar-refractivity contribution in [3.05, 3.63) is 29.6 Å². The first-order chi connectivity index (χ1) is 9.42. The van der Waals surface area contributed by atoms with E-state index in [9.17, 15) is 21.2 Å². The van der Waals surface area contributed by atoms with Gasteiger partial charge < -0.3 is 5.73 Å². The standard InChI is InChI=1S/C12H19FN2O4S2/c1-12(2,20(3,16)17)8-15-21(18,19)11-6-4-5-10(13)9(11)7-14/h4-6,15H,7-8,14H2,1-3H3. The van der Waals surface area contributed by atoms with Crippen molar-refractivity contribution in [1.29, 1.82) is 0 Å². The lowest BCUT2D eigenvalue weighted by molar-refractivity contribution is 0.535. The van der Waals surface area contributed by atoms with Crippen molar-refractivity contribution < 1.29 is 21.2 Å². The van der Waals surface area contributed by atoms with Crippen molar-refractivity contribution in [1.82, 2.24) is 4.72 Å². The molecule has 0 aliphatic heterocycles. The smallest absolute Gasteiger partial charge is 0.241 e. The lowest BCUT2D eigenvalue weighted by Gasteiger charge is -2.23. The Balaban J connectivity index is 3.13. The normalized spacial score (nSPS) is 13.4. The summed E-state index contributed by atoms with van der Waals surface area (Å²) >= 11 is 0. The number of rotatable bonds is 6. The Labute approximate surface area is 124 Å². The monoisotopic (exact) mass is 338 g/mol. The van der Waals surface area contributed by atoms with Gasteiger partial charge in [0.05, 0.1) is 9.64 Å². The molecule has 6 nitrogen and oxygen atoms in total. The second-order valence-electron chi connectivity index (χ2n) is 5.28. The molecule has 0 aliphatic rings. The van der Waals surface area contributed by atoms with Gasteiger partial charge in [-0.1, -0.05) is 6.07 Å². The number of hydrogen-bond donors (Lipinski definition) is 2. The van der Waals surface area contributed by atoms with E-state index in [4.69, 9.17) is 5.73 Å². The predicted octanol–water partition coefficient (Wildman–Crippen LogP) is 0.386. The van der Waals surface area contributed by atoms with E-state index in [1.54, 1.807) is 0 Å². The van der Waals surface area contributed by atoms with Crippen molar-refractivity contribution in [2.24, 2.45) is 5.73 Å². The second kappa shape index (κ2) is 5.99. The summed E-state index contributed by atoms with van der Waals surface area (Å²) in [6.45, 7) is 2.20. The molecule has 0 heterocycles. The molecule has 0 radical (unpaired) electrons. The van der Waals surface area contributed by atoms with E-state index < -0.39 is 30.4 Å². The average molecular weight is 338 g/mol. The number of benzene rings is 1. The van der Waals surface area contributed by atoms with Gasteiger partial charge in [0.2, 0.25) is 10.0 Å². The van der Waals surface area contributed by atoms with Gasteiger partial charge in [-0.25, -0.2) is 25.9 Å². The molecule has 3 N–H and O–H groups in total. The lowest BCUT2D eigenvalue weighted by Crippen LogP contribution is -2.43. The van der Waals surface area contributed by atoms with Gasteiger partial charge in [0.25, 0.3) is 0 Å². The molecule has 0 fully saturated rings. The van der Waals surface area contributed by atoms with Crippen LogP contribution in [0.2, 0.25) is 0 Å². The molecular formula is C12H19FN2O4S2. The van der Waals surface area contributed by atoms with E-state index in [-0.39, 0.29) is 23.5 Å². The van der Waals surface area contributed by atoms with E-state index in [0.29, 0.717) is 0 Å². The van der Waals surface area contributed by atoms with E-state index in [0.717, 1.165) is 12.3 Å². The quantitative estimate of drug-likeness (QED) is 0.780. The zero-order chi connectivity index (χ0) is 16.5. The van der Waals surface area contributed by atoms with Crippen LogP contribution in [0.4, 0.5) is 4.39 Å². The molecule has 0 saturated carbocycles. The Morgan fingerprint density at radius 3 is 2.29 bits per heavy atom. The van der Waals surface area contributed by atoms with E-state index in [1.807, 2.05) is 0 Å². The maximum atomic E-state index is 13.6. The average Bonchev–Trinajstić information content (AvgIpc) is 2.35. The van der Waals surface area contributed by atoms with Crippen molar-refractivity contribution in [3.63, 3.8) is 0 Å². The van der Waals surface area contributed by atoms with Crippen LogP contribution in [-0.2, 0) is 26.4 Å². The van der Waals surface area contributed by atoms with Crippen LogP contribution in [0.3, 0.4) is 0 Å². The van der Waals surface area contributed by atoms with Crippen molar-refractivity contribution >= 4 is 19.9 Å². The minimum Gasteiger partial charge on any atom is -0.326 e. The zero-order valence-corrected chi connectivity index (χ0v) is 13.7. The Hall–Kier alpha value is -1.03. The molecule has 21 heavy (non-hydrogen) atoms. The van der Waals surface area contributed by atoms with Crippen LogP contribution in [0.15, 0.2) is 23.1 Å². The Morgan fingerprint density at radius 2 is 1.81 bits per heavy atom. The third kappa shape index (κ3) is 4.00. The second-order valence-corrected chi connectivity index (χ2v) is 9.66. The van der Waals surface area contributed by atoms with Crippen LogP contribution in [0.5, 0.6) is 0 Å². The fourth-order valence-electron chi connectivity index (χ4n) is 1.47. The van der Waals surface area contributed by atoms with Crippen LogP contribution in [-0.4, -0.2) is 34.4 Å². The molecular weight excluding hydrogens is 319 g/mol. The number of sulfone groups is 1. The van der Waals surface area contributed by atoms with E-state index in [1.165, 1.54) is 26.0 Å². The lowest BCUT2D eigenvalue weighted by atomic mass is 10.2. The minimum atomic E-state index is -4.05. The molecule has 1 aromatic rings. The summed E-state index contributed by atoms with van der Waals surface area (Å²) in [5.41, 5.74) is 5.23. The molecule has 120 valence electrons. The fourth-order valence-corrected chi connectivity index (χ4v) is 3.36. The van der Waals surface area contributed by atoms with Gasteiger partial charge in [0.15, 0.2) is 9.84 Å². The Bertz CT molecular complexity index is 728. The highest BCUT2D eigenvalue weighted by Gasteiger charge is 2.32. The third-order valence-corrected chi connectivity index (χ3v) is 6.90. The number of nitrogens with two attached hydrogens (primary N) is 1. The predicted molar refractivity (Wildman–Crippen MR) is 78.4 cm³/mol. The summed E-state index contributed by atoms with van der Waals surface area (Å²) < 4.78 is 62.0. The van der Waals surface area contributed by atoms with Gasteiger partial charge in [0, 0.05) is 24.9 Å². The van der Waals surface area contributed by atoms with Gasteiger partial charge in [-0.15, -0.1) is 0 Å². The first-order valence-corrected chi connectivity index (χ1v) is 9.46. The number of nitrogens with one attached hydrogen (secondary N) is 1. The molecule has 0 aliphatic carbocycles. The van der Waals surface area contributed by atoms with E-state index >= 15 is 0 Å². The van der Waals surface area contributed by atoms with Crippen LogP contribution in [0, 0.1) is 5.82 Å². The van der Waals surface area contributed by atoms with Crippen molar-refractivity contribution in [2.75, 3.05) is 12.8 Å².